The van der Waals surface area contributed by atoms with Crippen molar-refractivity contribution in [1.29, 1.82) is 0 Å². The molecule has 0 bridgehead atoms. The summed E-state index contributed by atoms with van der Waals surface area (Å²) in [6.07, 6.45) is 2.96. The first kappa shape index (κ1) is 15.4. The minimum absolute atomic E-state index is 0.185. The van der Waals surface area contributed by atoms with Crippen molar-refractivity contribution in [2.24, 2.45) is 5.41 Å². The van der Waals surface area contributed by atoms with E-state index in [2.05, 4.69) is 20.8 Å². The molecule has 3 heteroatoms. The minimum atomic E-state index is -0.329. The van der Waals surface area contributed by atoms with Crippen LogP contribution in [-0.4, -0.2) is 35.6 Å². The fraction of sp³-hybridized carbons (Fsp3) is 0.923. The van der Waals surface area contributed by atoms with Gasteiger partial charge in [-0.15, -0.1) is 0 Å². The lowest BCUT2D eigenvalue weighted by Gasteiger charge is -2.20. The monoisotopic (exact) mass is 229 g/mol. The second-order valence-corrected chi connectivity index (χ2v) is 5.87. The van der Waals surface area contributed by atoms with Gasteiger partial charge in [-0.2, -0.15) is 0 Å². The molecule has 0 aliphatic rings. The van der Waals surface area contributed by atoms with E-state index in [9.17, 15) is 4.79 Å². The van der Waals surface area contributed by atoms with Gasteiger partial charge in [0.2, 0.25) is 5.91 Å². The van der Waals surface area contributed by atoms with Gasteiger partial charge in [-0.1, -0.05) is 20.8 Å². The van der Waals surface area contributed by atoms with Crippen molar-refractivity contribution in [3.8, 4) is 0 Å². The molecule has 1 amide bonds. The Morgan fingerprint density at radius 3 is 2.38 bits per heavy atom. The number of aliphatic hydroxyl groups is 1. The van der Waals surface area contributed by atoms with Crippen LogP contribution in [0.3, 0.4) is 0 Å². The molecule has 0 saturated carbocycles. The summed E-state index contributed by atoms with van der Waals surface area (Å²) in [5, 5.41) is 9.13. The van der Waals surface area contributed by atoms with Crippen molar-refractivity contribution >= 4 is 5.91 Å². The van der Waals surface area contributed by atoms with Crippen LogP contribution in [0.4, 0.5) is 0 Å². The van der Waals surface area contributed by atoms with Crippen LogP contribution < -0.4 is 0 Å². The Morgan fingerprint density at radius 2 is 1.94 bits per heavy atom. The average molecular weight is 229 g/mol. The van der Waals surface area contributed by atoms with E-state index in [4.69, 9.17) is 5.11 Å². The molecular weight excluding hydrogens is 202 g/mol. The second-order valence-electron chi connectivity index (χ2n) is 5.87. The Labute approximate surface area is 99.8 Å². The molecule has 0 aromatic heterocycles. The molecule has 0 fully saturated rings. The zero-order chi connectivity index (χ0) is 12.8. The van der Waals surface area contributed by atoms with E-state index >= 15 is 0 Å². The Bertz CT molecular complexity index is 206. The predicted octanol–water partition coefficient (Wildman–Crippen LogP) is 2.43. The van der Waals surface area contributed by atoms with E-state index in [1.54, 1.807) is 11.8 Å². The third-order valence-electron chi connectivity index (χ3n) is 2.63. The highest BCUT2D eigenvalue weighted by molar-refractivity contribution is 5.75. The smallest absolute Gasteiger partial charge is 0.222 e. The summed E-state index contributed by atoms with van der Waals surface area (Å²) in [6.45, 7) is 8.96. The molecule has 1 unspecified atom stereocenters. The van der Waals surface area contributed by atoms with Crippen LogP contribution in [0, 0.1) is 5.41 Å². The molecule has 96 valence electrons. The van der Waals surface area contributed by atoms with Crippen molar-refractivity contribution in [1.82, 2.24) is 4.90 Å². The first-order valence-electron chi connectivity index (χ1n) is 6.14. The molecule has 0 heterocycles. The van der Waals surface area contributed by atoms with Crippen molar-refractivity contribution in [2.75, 3.05) is 13.6 Å². The van der Waals surface area contributed by atoms with Gasteiger partial charge in [-0.3, -0.25) is 4.79 Å². The van der Waals surface area contributed by atoms with E-state index in [0.29, 0.717) is 24.8 Å². The van der Waals surface area contributed by atoms with Gasteiger partial charge in [0.1, 0.15) is 0 Å². The van der Waals surface area contributed by atoms with Gasteiger partial charge in [0.05, 0.1) is 6.10 Å². The molecule has 16 heavy (non-hydrogen) atoms. The van der Waals surface area contributed by atoms with Crippen LogP contribution >= 0.6 is 0 Å². The highest BCUT2D eigenvalue weighted by Crippen LogP contribution is 2.21. The number of hydrogen-bond donors (Lipinski definition) is 1. The minimum Gasteiger partial charge on any atom is -0.393 e. The number of amides is 1. The Morgan fingerprint density at radius 1 is 1.38 bits per heavy atom. The molecular formula is C13H27NO2. The molecule has 0 aliphatic carbocycles. The molecule has 0 rings (SSSR count). The molecule has 1 atom stereocenters. The number of aliphatic hydroxyl groups excluding tert-OH is 1. The number of nitrogens with zero attached hydrogens (tertiary/aromatic N) is 1. The summed E-state index contributed by atoms with van der Waals surface area (Å²) in [4.78, 5) is 13.4. The summed E-state index contributed by atoms with van der Waals surface area (Å²) >= 11 is 0. The SMILES string of the molecule is CC(O)CCN(C)C(=O)CCCC(C)(C)C. The zero-order valence-corrected chi connectivity index (χ0v) is 11.4. The van der Waals surface area contributed by atoms with Crippen LogP contribution in [0.2, 0.25) is 0 Å². The number of carbonyl (C=O) groups excluding carboxylic acids is 1. The summed E-state index contributed by atoms with van der Waals surface area (Å²) in [5.74, 6) is 0.185. The van der Waals surface area contributed by atoms with Gasteiger partial charge in [-0.25, -0.2) is 0 Å². The maximum atomic E-state index is 11.7. The Kier molecular flexibility index (Phi) is 6.65. The number of carbonyl (C=O) groups is 1. The van der Waals surface area contributed by atoms with Gasteiger partial charge in [-0.05, 0) is 31.6 Å². The first-order valence-corrected chi connectivity index (χ1v) is 6.14. The first-order chi connectivity index (χ1) is 7.22. The number of hydrogen-bond acceptors (Lipinski definition) is 2. The summed E-state index contributed by atoms with van der Waals surface area (Å²) < 4.78 is 0. The van der Waals surface area contributed by atoms with Gasteiger partial charge < -0.3 is 10.0 Å². The summed E-state index contributed by atoms with van der Waals surface area (Å²) in [6, 6.07) is 0. The van der Waals surface area contributed by atoms with Crippen molar-refractivity contribution < 1.29 is 9.90 Å². The molecule has 0 aromatic carbocycles. The van der Waals surface area contributed by atoms with Gasteiger partial charge in [0, 0.05) is 20.0 Å². The fourth-order valence-corrected chi connectivity index (χ4v) is 1.47. The molecule has 1 N–H and O–H groups in total. The maximum Gasteiger partial charge on any atom is 0.222 e. The normalized spacial score (nSPS) is 13.6. The van der Waals surface area contributed by atoms with E-state index in [1.165, 1.54) is 0 Å². The quantitative estimate of drug-likeness (QED) is 0.760. The molecule has 3 nitrogen and oxygen atoms in total. The molecule has 0 aliphatic heterocycles. The maximum absolute atomic E-state index is 11.7. The summed E-state index contributed by atoms with van der Waals surface area (Å²) in [5.41, 5.74) is 0.304. The van der Waals surface area contributed by atoms with Crippen molar-refractivity contribution in [3.63, 3.8) is 0 Å². The lowest BCUT2D eigenvalue weighted by Crippen LogP contribution is -2.29. The van der Waals surface area contributed by atoms with Crippen molar-refractivity contribution in [2.45, 2.75) is 59.5 Å². The molecule has 0 aromatic rings. The summed E-state index contributed by atoms with van der Waals surface area (Å²) in [7, 11) is 1.81. The third-order valence-corrected chi connectivity index (χ3v) is 2.63. The lowest BCUT2D eigenvalue weighted by molar-refractivity contribution is -0.130. The van der Waals surface area contributed by atoms with Crippen molar-refractivity contribution in [3.05, 3.63) is 0 Å². The van der Waals surface area contributed by atoms with Gasteiger partial charge >= 0.3 is 0 Å². The molecule has 0 radical (unpaired) electrons. The van der Waals surface area contributed by atoms with E-state index in [0.717, 1.165) is 12.8 Å². The van der Waals surface area contributed by atoms with Crippen LogP contribution in [0.1, 0.15) is 53.4 Å². The second kappa shape index (κ2) is 6.89. The Hall–Kier alpha value is -0.570. The van der Waals surface area contributed by atoms with Crippen LogP contribution in [0.15, 0.2) is 0 Å². The highest BCUT2D eigenvalue weighted by Gasteiger charge is 2.13. The fourth-order valence-electron chi connectivity index (χ4n) is 1.47. The predicted molar refractivity (Wildman–Crippen MR) is 67.2 cm³/mol. The van der Waals surface area contributed by atoms with Gasteiger partial charge in [0.15, 0.2) is 0 Å². The van der Waals surface area contributed by atoms with E-state index < -0.39 is 0 Å². The standard InChI is InChI=1S/C13H27NO2/c1-11(15)8-10-14(5)12(16)7-6-9-13(2,3)4/h11,15H,6-10H2,1-5H3. The molecule has 0 spiro atoms. The zero-order valence-electron chi connectivity index (χ0n) is 11.4. The average Bonchev–Trinajstić information content (AvgIpc) is 2.11. The van der Waals surface area contributed by atoms with Crippen LogP contribution in [0.25, 0.3) is 0 Å². The van der Waals surface area contributed by atoms with E-state index in [1.807, 2.05) is 7.05 Å². The Balaban J connectivity index is 3.71. The lowest BCUT2D eigenvalue weighted by atomic mass is 9.90. The van der Waals surface area contributed by atoms with Crippen LogP contribution in [-0.2, 0) is 4.79 Å². The van der Waals surface area contributed by atoms with Gasteiger partial charge in [0.25, 0.3) is 0 Å². The van der Waals surface area contributed by atoms with Crippen LogP contribution in [0.5, 0.6) is 0 Å². The number of rotatable bonds is 6. The molecule has 0 saturated heterocycles. The highest BCUT2D eigenvalue weighted by atomic mass is 16.3. The largest absolute Gasteiger partial charge is 0.393 e. The topological polar surface area (TPSA) is 40.5 Å². The van der Waals surface area contributed by atoms with E-state index in [-0.39, 0.29) is 12.0 Å². The third kappa shape index (κ3) is 8.72.